The maximum Gasteiger partial charge on any atom is 0.277 e. The molecule has 3 aromatic carbocycles. The average molecular weight is 391 g/mol. The molecule has 0 atom stereocenters. The van der Waals surface area contributed by atoms with Gasteiger partial charge in [-0.3, -0.25) is 4.79 Å². The Morgan fingerprint density at radius 2 is 1.59 bits per heavy atom. The standard InChI is InChI=1S/C22H15F2N3O2/c23-20-2-1-3-21(24)19(20)13-26-27-22(28)14-29-18-10-8-17(9-11-18)16-6-4-15(12-25)5-7-16/h1-11,13H,14H2,(H,27,28)/b26-13+. The van der Waals surface area contributed by atoms with Gasteiger partial charge < -0.3 is 4.74 Å². The van der Waals surface area contributed by atoms with E-state index in [2.05, 4.69) is 16.6 Å². The Balaban J connectivity index is 1.52. The quantitative estimate of drug-likeness (QED) is 0.509. The van der Waals surface area contributed by atoms with E-state index in [-0.39, 0.29) is 12.2 Å². The SMILES string of the molecule is N#Cc1ccc(-c2ccc(OCC(=O)N/N=C/c3c(F)cccc3F)cc2)cc1. The topological polar surface area (TPSA) is 74.5 Å². The molecule has 0 heterocycles. The van der Waals surface area contributed by atoms with E-state index in [4.69, 9.17) is 10.00 Å². The first-order chi connectivity index (χ1) is 14.1. The van der Waals surface area contributed by atoms with Crippen molar-refractivity contribution in [1.82, 2.24) is 5.43 Å². The Morgan fingerprint density at radius 1 is 1.00 bits per heavy atom. The molecule has 1 N–H and O–H groups in total. The third-order valence-electron chi connectivity index (χ3n) is 3.95. The number of nitrogens with zero attached hydrogens (tertiary/aromatic N) is 2. The molecule has 0 aromatic heterocycles. The van der Waals surface area contributed by atoms with Gasteiger partial charge in [0, 0.05) is 0 Å². The van der Waals surface area contributed by atoms with Gasteiger partial charge in [0.05, 0.1) is 23.4 Å². The lowest BCUT2D eigenvalue weighted by molar-refractivity contribution is -0.123. The normalized spacial score (nSPS) is 10.5. The Kier molecular flexibility index (Phi) is 6.28. The number of carbonyl (C=O) groups is 1. The number of amides is 1. The molecule has 144 valence electrons. The van der Waals surface area contributed by atoms with Gasteiger partial charge >= 0.3 is 0 Å². The highest BCUT2D eigenvalue weighted by atomic mass is 19.1. The lowest BCUT2D eigenvalue weighted by Gasteiger charge is -2.07. The maximum absolute atomic E-state index is 13.5. The van der Waals surface area contributed by atoms with Crippen LogP contribution in [0.1, 0.15) is 11.1 Å². The van der Waals surface area contributed by atoms with Crippen LogP contribution in [0.5, 0.6) is 5.75 Å². The molecule has 0 bridgehead atoms. The highest BCUT2D eigenvalue weighted by molar-refractivity contribution is 5.83. The summed E-state index contributed by atoms with van der Waals surface area (Å²) in [4.78, 5) is 11.8. The summed E-state index contributed by atoms with van der Waals surface area (Å²) in [6.07, 6.45) is 0.898. The molecule has 0 aliphatic heterocycles. The number of rotatable bonds is 6. The molecule has 3 aromatic rings. The zero-order chi connectivity index (χ0) is 20.6. The minimum absolute atomic E-state index is 0.312. The summed E-state index contributed by atoms with van der Waals surface area (Å²) < 4.78 is 32.3. The second-order valence-corrected chi connectivity index (χ2v) is 5.93. The lowest BCUT2D eigenvalue weighted by Crippen LogP contribution is -2.24. The van der Waals surface area contributed by atoms with Gasteiger partial charge in [-0.1, -0.05) is 30.3 Å². The molecule has 0 spiro atoms. The summed E-state index contributed by atoms with van der Waals surface area (Å²) in [6, 6.07) is 19.7. The first-order valence-electron chi connectivity index (χ1n) is 8.56. The molecule has 29 heavy (non-hydrogen) atoms. The number of carbonyl (C=O) groups excluding carboxylic acids is 1. The fourth-order valence-electron chi connectivity index (χ4n) is 2.46. The van der Waals surface area contributed by atoms with Crippen molar-refractivity contribution in [3.05, 3.63) is 89.5 Å². The number of nitrogens with one attached hydrogen (secondary N) is 1. The molecule has 0 unspecified atom stereocenters. The average Bonchev–Trinajstić information content (AvgIpc) is 2.75. The predicted molar refractivity (Wildman–Crippen MR) is 104 cm³/mol. The first-order valence-corrected chi connectivity index (χ1v) is 8.56. The molecule has 0 aliphatic rings. The second kappa shape index (κ2) is 9.24. The number of halogens is 2. The number of nitriles is 1. The smallest absolute Gasteiger partial charge is 0.277 e. The second-order valence-electron chi connectivity index (χ2n) is 5.93. The number of ether oxygens (including phenoxy) is 1. The zero-order valence-corrected chi connectivity index (χ0v) is 15.1. The van der Waals surface area contributed by atoms with E-state index in [1.54, 1.807) is 24.3 Å². The molecule has 0 saturated heterocycles. The van der Waals surface area contributed by atoms with Crippen LogP contribution in [-0.4, -0.2) is 18.7 Å². The van der Waals surface area contributed by atoms with Crippen LogP contribution in [0.25, 0.3) is 11.1 Å². The van der Waals surface area contributed by atoms with Gasteiger partial charge in [-0.25, -0.2) is 14.2 Å². The summed E-state index contributed by atoms with van der Waals surface area (Å²) in [5.74, 6) is -1.65. The van der Waals surface area contributed by atoms with Crippen LogP contribution in [0.2, 0.25) is 0 Å². The third kappa shape index (κ3) is 5.23. The Morgan fingerprint density at radius 3 is 2.17 bits per heavy atom. The van der Waals surface area contributed by atoms with E-state index in [0.29, 0.717) is 11.3 Å². The van der Waals surface area contributed by atoms with Crippen LogP contribution in [0.3, 0.4) is 0 Å². The molecule has 5 nitrogen and oxygen atoms in total. The number of hydrazone groups is 1. The van der Waals surface area contributed by atoms with E-state index < -0.39 is 17.5 Å². The van der Waals surface area contributed by atoms with Crippen molar-refractivity contribution >= 4 is 12.1 Å². The van der Waals surface area contributed by atoms with Crippen molar-refractivity contribution in [2.45, 2.75) is 0 Å². The number of hydrogen-bond donors (Lipinski definition) is 1. The van der Waals surface area contributed by atoms with Crippen LogP contribution in [0, 0.1) is 23.0 Å². The molecule has 1 amide bonds. The van der Waals surface area contributed by atoms with Gasteiger partial charge in [-0.05, 0) is 47.5 Å². The van der Waals surface area contributed by atoms with E-state index in [9.17, 15) is 13.6 Å². The van der Waals surface area contributed by atoms with Crippen molar-refractivity contribution in [2.75, 3.05) is 6.61 Å². The van der Waals surface area contributed by atoms with Gasteiger partial charge in [-0.15, -0.1) is 0 Å². The third-order valence-corrected chi connectivity index (χ3v) is 3.95. The maximum atomic E-state index is 13.5. The largest absolute Gasteiger partial charge is 0.484 e. The van der Waals surface area contributed by atoms with Gasteiger partial charge in [0.15, 0.2) is 6.61 Å². The Hall–Kier alpha value is -4.05. The van der Waals surface area contributed by atoms with Crippen molar-refractivity contribution < 1.29 is 18.3 Å². The Labute approximate surface area is 165 Å². The van der Waals surface area contributed by atoms with Gasteiger partial charge in [0.2, 0.25) is 0 Å². The van der Waals surface area contributed by atoms with Gasteiger partial charge in [-0.2, -0.15) is 10.4 Å². The molecule has 0 aliphatic carbocycles. The molecular formula is C22H15F2N3O2. The van der Waals surface area contributed by atoms with Gasteiger partial charge in [0.1, 0.15) is 17.4 Å². The van der Waals surface area contributed by atoms with Crippen molar-refractivity contribution in [1.29, 1.82) is 5.26 Å². The van der Waals surface area contributed by atoms with E-state index in [0.717, 1.165) is 29.5 Å². The fraction of sp³-hybridized carbons (Fsp3) is 0.0455. The van der Waals surface area contributed by atoms with Crippen LogP contribution in [-0.2, 0) is 4.79 Å². The molecule has 0 radical (unpaired) electrons. The summed E-state index contributed by atoms with van der Waals surface area (Å²) in [5, 5.41) is 12.4. The lowest BCUT2D eigenvalue weighted by atomic mass is 10.0. The van der Waals surface area contributed by atoms with E-state index in [1.807, 2.05) is 24.3 Å². The van der Waals surface area contributed by atoms with Crippen LogP contribution in [0.15, 0.2) is 71.8 Å². The summed E-state index contributed by atoms with van der Waals surface area (Å²) in [7, 11) is 0. The van der Waals surface area contributed by atoms with E-state index in [1.165, 1.54) is 6.07 Å². The highest BCUT2D eigenvalue weighted by Gasteiger charge is 2.06. The Bertz CT molecular complexity index is 1050. The van der Waals surface area contributed by atoms with Crippen LogP contribution >= 0.6 is 0 Å². The molecule has 0 saturated carbocycles. The molecule has 7 heteroatoms. The zero-order valence-electron chi connectivity index (χ0n) is 15.1. The summed E-state index contributed by atoms with van der Waals surface area (Å²) in [6.45, 7) is -0.312. The van der Waals surface area contributed by atoms with Crippen LogP contribution < -0.4 is 10.2 Å². The summed E-state index contributed by atoms with van der Waals surface area (Å²) >= 11 is 0. The monoisotopic (exact) mass is 391 g/mol. The number of benzene rings is 3. The minimum atomic E-state index is -0.776. The minimum Gasteiger partial charge on any atom is -0.484 e. The van der Waals surface area contributed by atoms with Crippen LogP contribution in [0.4, 0.5) is 8.78 Å². The predicted octanol–water partition coefficient (Wildman–Crippen LogP) is 4.03. The summed E-state index contributed by atoms with van der Waals surface area (Å²) in [5.41, 5.74) is 4.27. The van der Waals surface area contributed by atoms with Crippen molar-refractivity contribution in [2.24, 2.45) is 5.10 Å². The van der Waals surface area contributed by atoms with Gasteiger partial charge in [0.25, 0.3) is 5.91 Å². The molecule has 3 rings (SSSR count). The fourth-order valence-corrected chi connectivity index (χ4v) is 2.46. The first kappa shape index (κ1) is 19.7. The van der Waals surface area contributed by atoms with Crippen molar-refractivity contribution in [3.63, 3.8) is 0 Å². The molecule has 0 fully saturated rings. The van der Waals surface area contributed by atoms with E-state index >= 15 is 0 Å². The number of hydrogen-bond acceptors (Lipinski definition) is 4. The van der Waals surface area contributed by atoms with Crippen molar-refractivity contribution in [3.8, 4) is 22.9 Å². The molecular weight excluding hydrogens is 376 g/mol. The highest BCUT2D eigenvalue weighted by Crippen LogP contribution is 2.22.